The van der Waals surface area contributed by atoms with Crippen LogP contribution in [-0.4, -0.2) is 76.1 Å². The van der Waals surface area contributed by atoms with Crippen LogP contribution in [0.3, 0.4) is 0 Å². The van der Waals surface area contributed by atoms with Crippen molar-refractivity contribution in [2.45, 2.75) is 118 Å². The summed E-state index contributed by atoms with van der Waals surface area (Å²) in [5.74, 6) is -1.83. The van der Waals surface area contributed by atoms with Crippen molar-refractivity contribution in [2.24, 2.45) is 0 Å². The molecule has 52 heavy (non-hydrogen) atoms. The van der Waals surface area contributed by atoms with E-state index in [0.717, 1.165) is 0 Å². The highest BCUT2D eigenvalue weighted by Gasteiger charge is 2.42. The van der Waals surface area contributed by atoms with Crippen LogP contribution in [0.15, 0.2) is 34.7 Å². The first-order valence-corrected chi connectivity index (χ1v) is 16.5. The van der Waals surface area contributed by atoms with E-state index in [4.69, 9.17) is 32.8 Å². The first-order chi connectivity index (χ1) is 23.7. The number of hydrogen-bond donors (Lipinski definition) is 1. The van der Waals surface area contributed by atoms with Gasteiger partial charge in [-0.25, -0.2) is 24.0 Å². The zero-order valence-electron chi connectivity index (χ0n) is 31.9. The van der Waals surface area contributed by atoms with E-state index in [1.54, 1.807) is 107 Å². The maximum absolute atomic E-state index is 13.6. The molecule has 1 heterocycles. The lowest BCUT2D eigenvalue weighted by atomic mass is 10.1. The molecule has 0 spiro atoms. The zero-order chi connectivity index (χ0) is 39.6. The maximum Gasteiger partial charge on any atom is 0.514 e. The van der Waals surface area contributed by atoms with Crippen LogP contribution in [0.4, 0.5) is 19.2 Å². The molecule has 0 fully saturated rings. The largest absolute Gasteiger partial charge is 0.514 e. The number of benzene rings is 2. The molecule has 284 valence electrons. The van der Waals surface area contributed by atoms with Crippen molar-refractivity contribution in [3.8, 4) is 11.5 Å². The van der Waals surface area contributed by atoms with Gasteiger partial charge in [-0.1, -0.05) is 24.3 Å². The lowest BCUT2D eigenvalue weighted by Gasteiger charge is -2.33. The number of Topliss-reactive ketones (excluding diaryl/α,β-unsaturated/α-hetero) is 1. The molecule has 0 saturated heterocycles. The lowest BCUT2D eigenvalue weighted by Crippen LogP contribution is -2.57. The predicted molar refractivity (Wildman–Crippen MR) is 189 cm³/mol. The summed E-state index contributed by atoms with van der Waals surface area (Å²) in [5, 5.41) is 3.05. The highest BCUT2D eigenvalue weighted by molar-refractivity contribution is 6.12. The van der Waals surface area contributed by atoms with Gasteiger partial charge >= 0.3 is 30.4 Å². The smallest absolute Gasteiger partial charge is 0.458 e. The van der Waals surface area contributed by atoms with Crippen LogP contribution in [0.5, 0.6) is 11.5 Å². The fourth-order valence-electron chi connectivity index (χ4n) is 4.52. The Hall–Kier alpha value is -5.34. The zero-order valence-corrected chi connectivity index (χ0v) is 31.9. The van der Waals surface area contributed by atoms with E-state index in [1.165, 1.54) is 13.0 Å². The Morgan fingerprint density at radius 1 is 0.673 bits per heavy atom. The highest BCUT2D eigenvalue weighted by atomic mass is 16.7. The number of ketones is 1. The second-order valence-corrected chi connectivity index (χ2v) is 15.8. The quantitative estimate of drug-likeness (QED) is 0.107. The number of ether oxygens (including phenoxy) is 6. The average Bonchev–Trinajstić information content (AvgIpc) is 3.39. The summed E-state index contributed by atoms with van der Waals surface area (Å²) in [6.07, 6.45) is -4.63. The summed E-state index contributed by atoms with van der Waals surface area (Å²) >= 11 is 0. The number of nitrogens with one attached hydrogen (secondary N) is 1. The van der Waals surface area contributed by atoms with Crippen molar-refractivity contribution in [3.63, 3.8) is 0 Å². The van der Waals surface area contributed by atoms with Crippen LogP contribution < -0.4 is 14.8 Å². The number of fused-ring (bicyclic) bond motifs is 2. The van der Waals surface area contributed by atoms with Gasteiger partial charge in [-0.15, -0.1) is 0 Å². The number of nitrogens with zero attached hydrogens (tertiary/aromatic N) is 1. The molecule has 1 N–H and O–H groups in total. The maximum atomic E-state index is 13.6. The highest BCUT2D eigenvalue weighted by Crippen LogP contribution is 2.44. The Morgan fingerprint density at radius 2 is 1.15 bits per heavy atom. The first kappa shape index (κ1) is 41.1. The Kier molecular flexibility index (Phi) is 11.9. The number of hydrogen-bond acceptors (Lipinski definition) is 13. The summed E-state index contributed by atoms with van der Waals surface area (Å²) in [7, 11) is 0. The monoisotopic (exact) mass is 728 g/mol. The first-order valence-electron chi connectivity index (χ1n) is 16.5. The summed E-state index contributed by atoms with van der Waals surface area (Å²) in [6.45, 7) is 19.7. The molecule has 1 atom stereocenters. The van der Waals surface area contributed by atoms with Gasteiger partial charge < -0.3 is 38.2 Å². The van der Waals surface area contributed by atoms with Gasteiger partial charge in [-0.3, -0.25) is 4.79 Å². The Balaban J connectivity index is 2.09. The number of furan rings is 1. The number of carbonyl (C=O) groups is 6. The third kappa shape index (κ3) is 11.3. The molecule has 15 heteroatoms. The standard InChI is InChI=1S/C37H48N2O13/c1-20(40)25-18-23-26(21-16-14-15-17-22(21)27(28(23)46-25)48-33(45)52-37(11,12)13)47-30(42)38-19-24(29(41)49-34(2,3)4)39(31(43)50-35(5,6)7)32(44)51-36(8,9)10/h14-18,24H,19H2,1-13H3,(H,38,42)/t24-/m0/s1. The minimum absolute atomic E-state index is 0.0875. The normalized spacial score (nSPS) is 12.8. The minimum atomic E-state index is -1.78. The van der Waals surface area contributed by atoms with E-state index in [0.29, 0.717) is 4.90 Å². The summed E-state index contributed by atoms with van der Waals surface area (Å²) in [6, 6.07) is 5.98. The van der Waals surface area contributed by atoms with Crippen LogP contribution in [0.25, 0.3) is 21.7 Å². The Bertz CT molecular complexity index is 1840. The third-order valence-electron chi connectivity index (χ3n) is 6.33. The van der Waals surface area contributed by atoms with Crippen LogP contribution in [0.1, 0.15) is 101 Å². The van der Waals surface area contributed by atoms with Crippen molar-refractivity contribution >= 4 is 57.9 Å². The predicted octanol–water partition coefficient (Wildman–Crippen LogP) is 8.07. The molecule has 1 aromatic heterocycles. The van der Waals surface area contributed by atoms with Crippen LogP contribution in [-0.2, 0) is 23.7 Å². The molecule has 0 aliphatic carbocycles. The van der Waals surface area contributed by atoms with Crippen molar-refractivity contribution in [2.75, 3.05) is 6.54 Å². The molecule has 3 amide bonds. The van der Waals surface area contributed by atoms with Crippen molar-refractivity contribution in [1.82, 2.24) is 10.2 Å². The SMILES string of the molecule is CC(=O)c1cc2c(OC(=O)NC[C@@H](C(=O)OC(C)(C)C)N(C(=O)OC(C)(C)C)C(=O)OC(C)(C)C)c3ccccc3c(OC(=O)OC(C)(C)C)c2o1. The van der Waals surface area contributed by atoms with E-state index < -0.39 is 71.2 Å². The third-order valence-corrected chi connectivity index (χ3v) is 6.33. The second-order valence-electron chi connectivity index (χ2n) is 15.8. The summed E-state index contributed by atoms with van der Waals surface area (Å²) in [5.41, 5.74) is -4.22. The summed E-state index contributed by atoms with van der Waals surface area (Å²) < 4.78 is 38.9. The molecular weight excluding hydrogens is 680 g/mol. The van der Waals surface area contributed by atoms with E-state index in [9.17, 15) is 28.8 Å². The van der Waals surface area contributed by atoms with E-state index in [2.05, 4.69) is 5.32 Å². The summed E-state index contributed by atoms with van der Waals surface area (Å²) in [4.78, 5) is 79.6. The van der Waals surface area contributed by atoms with Crippen molar-refractivity contribution in [3.05, 3.63) is 36.1 Å². The molecule has 0 aliphatic rings. The van der Waals surface area contributed by atoms with Crippen LogP contribution in [0.2, 0.25) is 0 Å². The molecule has 0 unspecified atom stereocenters. The van der Waals surface area contributed by atoms with E-state index in [-0.39, 0.29) is 39.0 Å². The van der Waals surface area contributed by atoms with Gasteiger partial charge in [0.15, 0.2) is 34.7 Å². The van der Waals surface area contributed by atoms with Crippen molar-refractivity contribution in [1.29, 1.82) is 0 Å². The van der Waals surface area contributed by atoms with Gasteiger partial charge in [0.2, 0.25) is 0 Å². The van der Waals surface area contributed by atoms with Gasteiger partial charge in [0, 0.05) is 17.7 Å². The molecule has 0 radical (unpaired) electrons. The fourth-order valence-corrected chi connectivity index (χ4v) is 4.52. The Labute approximate surface area is 302 Å². The van der Waals surface area contributed by atoms with E-state index >= 15 is 0 Å². The molecule has 0 aliphatic heterocycles. The average molecular weight is 729 g/mol. The van der Waals surface area contributed by atoms with E-state index in [1.807, 2.05) is 0 Å². The minimum Gasteiger partial charge on any atom is -0.458 e. The topological polar surface area (TPSA) is 186 Å². The number of carbonyl (C=O) groups excluding carboxylic acids is 6. The van der Waals surface area contributed by atoms with Crippen LogP contribution >= 0.6 is 0 Å². The fraction of sp³-hybridized carbons (Fsp3) is 0.514. The van der Waals surface area contributed by atoms with Gasteiger partial charge in [0.1, 0.15) is 22.4 Å². The molecule has 3 aromatic rings. The molecule has 3 rings (SSSR count). The van der Waals surface area contributed by atoms with Gasteiger partial charge in [0.25, 0.3) is 0 Å². The van der Waals surface area contributed by atoms with Gasteiger partial charge in [-0.2, -0.15) is 4.90 Å². The Morgan fingerprint density at radius 3 is 1.62 bits per heavy atom. The van der Waals surface area contributed by atoms with Crippen LogP contribution in [0, 0.1) is 0 Å². The molecular formula is C37H48N2O13. The molecule has 0 bridgehead atoms. The molecule has 2 aromatic carbocycles. The number of rotatable bonds is 7. The van der Waals surface area contributed by atoms with Gasteiger partial charge in [0.05, 0.1) is 11.9 Å². The second kappa shape index (κ2) is 15.1. The van der Waals surface area contributed by atoms with Crippen molar-refractivity contribution < 1.29 is 61.6 Å². The molecule has 15 nitrogen and oxygen atoms in total. The lowest BCUT2D eigenvalue weighted by molar-refractivity contribution is -0.160. The van der Waals surface area contributed by atoms with Gasteiger partial charge in [-0.05, 0) is 89.2 Å². The molecule has 0 saturated carbocycles. The number of esters is 1. The number of imide groups is 1. The number of amides is 3.